The zero-order chi connectivity index (χ0) is 22.4. The summed E-state index contributed by atoms with van der Waals surface area (Å²) >= 11 is 7.24. The number of benzene rings is 1. The van der Waals surface area contributed by atoms with Crippen molar-refractivity contribution in [2.75, 3.05) is 13.2 Å². The highest BCUT2D eigenvalue weighted by Crippen LogP contribution is 2.60. The van der Waals surface area contributed by atoms with Crippen LogP contribution in [0.3, 0.4) is 0 Å². The SMILES string of the molecule is O=C(CCN1C(=O)[C@@H]2[C@@H]3C[C@H]([C@H](Br)[C@@H]3Br)[C@@H]2C1=O)OCC(=O)c1cccc([N+](=O)[O-])c1. The molecule has 11 heteroatoms. The Morgan fingerprint density at radius 1 is 1.13 bits per heavy atom. The summed E-state index contributed by atoms with van der Waals surface area (Å²) in [6.45, 7) is -0.665. The highest BCUT2D eigenvalue weighted by molar-refractivity contribution is 9.12. The van der Waals surface area contributed by atoms with E-state index in [4.69, 9.17) is 4.74 Å². The number of amides is 2. The minimum Gasteiger partial charge on any atom is -0.457 e. The zero-order valence-electron chi connectivity index (χ0n) is 16.1. The van der Waals surface area contributed by atoms with Crippen LogP contribution in [0.5, 0.6) is 0 Å². The van der Waals surface area contributed by atoms with E-state index in [1.807, 2.05) is 0 Å². The van der Waals surface area contributed by atoms with E-state index in [-0.39, 0.29) is 69.4 Å². The van der Waals surface area contributed by atoms with Gasteiger partial charge in [0.15, 0.2) is 6.61 Å². The average Bonchev–Trinajstić information content (AvgIpc) is 3.35. The number of likely N-dealkylation sites (tertiary alicyclic amines) is 1. The van der Waals surface area contributed by atoms with Gasteiger partial charge in [0.1, 0.15) is 0 Å². The van der Waals surface area contributed by atoms with Gasteiger partial charge in [-0.3, -0.25) is 34.2 Å². The van der Waals surface area contributed by atoms with Gasteiger partial charge in [0, 0.05) is 33.9 Å². The van der Waals surface area contributed by atoms with Gasteiger partial charge in [-0.2, -0.15) is 0 Å². The lowest BCUT2D eigenvalue weighted by molar-refractivity contribution is -0.384. The predicted molar refractivity (Wildman–Crippen MR) is 114 cm³/mol. The lowest BCUT2D eigenvalue weighted by atomic mass is 9.81. The number of hydrogen-bond donors (Lipinski definition) is 0. The number of non-ortho nitro benzene ring substituents is 1. The molecule has 31 heavy (non-hydrogen) atoms. The molecule has 0 spiro atoms. The number of halogens is 2. The van der Waals surface area contributed by atoms with Gasteiger partial charge in [0.05, 0.1) is 23.2 Å². The van der Waals surface area contributed by atoms with Crippen molar-refractivity contribution in [1.29, 1.82) is 0 Å². The smallest absolute Gasteiger partial charge is 0.308 e. The Morgan fingerprint density at radius 3 is 2.32 bits per heavy atom. The van der Waals surface area contributed by atoms with E-state index in [9.17, 15) is 29.3 Å². The van der Waals surface area contributed by atoms with Crippen LogP contribution in [-0.4, -0.2) is 56.2 Å². The van der Waals surface area contributed by atoms with Crippen molar-refractivity contribution in [1.82, 2.24) is 4.90 Å². The van der Waals surface area contributed by atoms with E-state index >= 15 is 0 Å². The molecular formula is C20H18Br2N2O7. The summed E-state index contributed by atoms with van der Waals surface area (Å²) < 4.78 is 4.95. The molecule has 6 atom stereocenters. The van der Waals surface area contributed by atoms with Crippen LogP contribution >= 0.6 is 31.9 Å². The number of Topliss-reactive ketones (excluding diaryl/α,β-unsaturated/α-hetero) is 1. The molecule has 1 aromatic carbocycles. The molecule has 1 heterocycles. The first kappa shape index (κ1) is 22.1. The number of nitrogens with zero attached hydrogens (tertiary/aromatic N) is 2. The van der Waals surface area contributed by atoms with E-state index < -0.39 is 23.3 Å². The second kappa shape index (κ2) is 8.42. The highest BCUT2D eigenvalue weighted by Gasteiger charge is 2.66. The maximum Gasteiger partial charge on any atom is 0.308 e. The summed E-state index contributed by atoms with van der Waals surface area (Å²) in [5.41, 5.74) is -0.178. The van der Waals surface area contributed by atoms with Gasteiger partial charge in [0.2, 0.25) is 17.6 Å². The first-order chi connectivity index (χ1) is 14.7. The number of hydrogen-bond acceptors (Lipinski definition) is 7. The first-order valence-corrected chi connectivity index (χ1v) is 11.6. The topological polar surface area (TPSA) is 124 Å². The third-order valence-corrected chi connectivity index (χ3v) is 9.57. The minimum absolute atomic E-state index is 0.0591. The van der Waals surface area contributed by atoms with E-state index in [1.54, 1.807) is 0 Å². The Bertz CT molecular complexity index is 952. The molecule has 0 N–H and O–H groups in total. The number of esters is 1. The maximum atomic E-state index is 12.8. The largest absolute Gasteiger partial charge is 0.457 e. The predicted octanol–water partition coefficient (Wildman–Crippen LogP) is 2.49. The molecule has 4 rings (SSSR count). The fourth-order valence-electron chi connectivity index (χ4n) is 4.93. The molecule has 1 aromatic rings. The molecule has 1 saturated heterocycles. The fourth-order valence-corrected chi connectivity index (χ4v) is 6.80. The molecule has 3 fully saturated rings. The van der Waals surface area contributed by atoms with E-state index in [0.29, 0.717) is 0 Å². The normalized spacial score (nSPS) is 31.1. The number of imide groups is 1. The van der Waals surface area contributed by atoms with Crippen LogP contribution in [0.2, 0.25) is 0 Å². The summed E-state index contributed by atoms with van der Waals surface area (Å²) in [5, 5.41) is 10.8. The van der Waals surface area contributed by atoms with Crippen LogP contribution in [0.15, 0.2) is 24.3 Å². The lowest BCUT2D eigenvalue weighted by Crippen LogP contribution is -2.37. The molecule has 2 amide bonds. The Morgan fingerprint density at radius 2 is 1.74 bits per heavy atom. The van der Waals surface area contributed by atoms with E-state index in [1.165, 1.54) is 18.2 Å². The third kappa shape index (κ3) is 3.82. The zero-order valence-corrected chi connectivity index (χ0v) is 19.3. The molecule has 0 aromatic heterocycles. The first-order valence-electron chi connectivity index (χ1n) is 9.77. The van der Waals surface area contributed by atoms with Gasteiger partial charge in [-0.25, -0.2) is 0 Å². The summed E-state index contributed by atoms with van der Waals surface area (Å²) in [6, 6.07) is 5.13. The Hall–Kier alpha value is -2.14. The van der Waals surface area contributed by atoms with Gasteiger partial charge in [0.25, 0.3) is 5.69 Å². The standard InChI is InChI=1S/C20H18Br2N2O7/c21-17-11-7-12(18(17)22)16-15(11)19(27)23(20(16)28)5-4-14(26)31-8-13(25)9-2-1-3-10(6-9)24(29)30/h1-3,6,11-12,15-18H,4-5,7-8H2/t11-,12-,15-,16+,17-,18+/m0/s1. The molecule has 164 valence electrons. The molecule has 3 aliphatic rings. The van der Waals surface area contributed by atoms with Crippen molar-refractivity contribution in [3.63, 3.8) is 0 Å². The summed E-state index contributed by atoms with van der Waals surface area (Å²) in [6.07, 6.45) is 0.609. The highest BCUT2D eigenvalue weighted by atomic mass is 79.9. The van der Waals surface area contributed by atoms with Crippen molar-refractivity contribution in [2.45, 2.75) is 22.5 Å². The number of carbonyl (C=O) groups excluding carboxylic acids is 4. The molecule has 9 nitrogen and oxygen atoms in total. The molecular weight excluding hydrogens is 540 g/mol. The van der Waals surface area contributed by atoms with Crippen LogP contribution < -0.4 is 0 Å². The van der Waals surface area contributed by atoms with Crippen LogP contribution in [0.1, 0.15) is 23.2 Å². The number of carbonyl (C=O) groups is 4. The van der Waals surface area contributed by atoms with Gasteiger partial charge in [-0.05, 0) is 18.3 Å². The monoisotopic (exact) mass is 556 g/mol. The van der Waals surface area contributed by atoms with Gasteiger partial charge in [-0.15, -0.1) is 0 Å². The molecule has 2 aliphatic carbocycles. The van der Waals surface area contributed by atoms with E-state index in [2.05, 4.69) is 31.9 Å². The summed E-state index contributed by atoms with van der Waals surface area (Å²) in [4.78, 5) is 61.4. The van der Waals surface area contributed by atoms with Crippen LogP contribution in [0.25, 0.3) is 0 Å². The van der Waals surface area contributed by atoms with Crippen molar-refractivity contribution in [3.8, 4) is 0 Å². The molecule has 1 aliphatic heterocycles. The quantitative estimate of drug-likeness (QED) is 0.126. The fraction of sp³-hybridized carbons (Fsp3) is 0.500. The number of nitro groups is 1. The average molecular weight is 558 g/mol. The Labute approximate surface area is 193 Å². The number of ether oxygens (including phenoxy) is 1. The van der Waals surface area contributed by atoms with Gasteiger partial charge >= 0.3 is 5.97 Å². The van der Waals surface area contributed by atoms with Crippen LogP contribution in [0.4, 0.5) is 5.69 Å². The second-order valence-corrected chi connectivity index (χ2v) is 10.1. The third-order valence-electron chi connectivity index (χ3n) is 6.36. The number of alkyl halides is 2. The van der Waals surface area contributed by atoms with Crippen molar-refractivity contribution in [2.24, 2.45) is 23.7 Å². The minimum atomic E-state index is -0.726. The van der Waals surface area contributed by atoms with Crippen molar-refractivity contribution < 1.29 is 28.8 Å². The second-order valence-electron chi connectivity index (χ2n) is 7.97. The van der Waals surface area contributed by atoms with Gasteiger partial charge in [-0.1, -0.05) is 44.0 Å². The number of fused-ring (bicyclic) bond motifs is 5. The summed E-state index contributed by atoms with van der Waals surface area (Å²) in [5.74, 6) is -2.29. The van der Waals surface area contributed by atoms with Crippen molar-refractivity contribution in [3.05, 3.63) is 39.9 Å². The molecule has 0 radical (unpaired) electrons. The summed E-state index contributed by atoms with van der Waals surface area (Å²) in [7, 11) is 0. The van der Waals surface area contributed by atoms with Crippen molar-refractivity contribution >= 4 is 61.1 Å². The number of ketones is 1. The number of rotatable bonds is 7. The molecule has 2 bridgehead atoms. The Balaban J connectivity index is 1.30. The Kier molecular flexibility index (Phi) is 5.99. The van der Waals surface area contributed by atoms with Gasteiger partial charge < -0.3 is 4.74 Å². The van der Waals surface area contributed by atoms with E-state index in [0.717, 1.165) is 17.4 Å². The molecule has 0 unspecified atom stereocenters. The maximum absolute atomic E-state index is 12.8. The van der Waals surface area contributed by atoms with Crippen LogP contribution in [0, 0.1) is 33.8 Å². The lowest BCUT2D eigenvalue weighted by Gasteiger charge is -2.28. The molecule has 2 saturated carbocycles. The van der Waals surface area contributed by atoms with Crippen LogP contribution in [-0.2, 0) is 19.1 Å². The number of nitro benzene ring substituents is 1.